The number of nitrogens with zero attached hydrogens (tertiary/aromatic N) is 2. The van der Waals surface area contributed by atoms with Crippen LogP contribution < -0.4 is 18.9 Å². The van der Waals surface area contributed by atoms with E-state index in [1.54, 1.807) is 38.5 Å². The molecular weight excluding hydrogens is 1360 g/mol. The number of methoxy groups -OCH3 is 2. The van der Waals surface area contributed by atoms with E-state index in [1.165, 1.54) is 0 Å². The van der Waals surface area contributed by atoms with Gasteiger partial charge in [0, 0.05) is 28.8 Å². The predicted octanol–water partition coefficient (Wildman–Crippen LogP) is 15.6. The topological polar surface area (TPSA) is 204 Å². The molecule has 1 N–H and O–H groups in total. The Hall–Kier alpha value is -6.84. The number of rotatable bonds is 35. The molecule has 0 amide bonds. The lowest BCUT2D eigenvalue weighted by molar-refractivity contribution is -0.184. The van der Waals surface area contributed by atoms with Gasteiger partial charge >= 0.3 is 0 Å². The zero-order valence-corrected chi connectivity index (χ0v) is 64.4. The van der Waals surface area contributed by atoms with Crippen molar-refractivity contribution in [3.63, 3.8) is 0 Å². The van der Waals surface area contributed by atoms with Crippen molar-refractivity contribution in [1.29, 1.82) is 5.26 Å². The van der Waals surface area contributed by atoms with Crippen LogP contribution in [0.5, 0.6) is 28.7 Å². The summed E-state index contributed by atoms with van der Waals surface area (Å²) in [6.45, 7) is 35.3. The van der Waals surface area contributed by atoms with E-state index in [1.807, 2.05) is 183 Å². The molecule has 6 fully saturated rings. The Morgan fingerprint density at radius 1 is 0.524 bits per heavy atom. The van der Waals surface area contributed by atoms with Crippen molar-refractivity contribution in [3.05, 3.63) is 210 Å². The van der Waals surface area contributed by atoms with Crippen LogP contribution in [0, 0.1) is 11.3 Å². The van der Waals surface area contributed by atoms with Crippen LogP contribution in [0.25, 0.3) is 0 Å². The summed E-state index contributed by atoms with van der Waals surface area (Å²) in [7, 11) is 1.65. The summed E-state index contributed by atoms with van der Waals surface area (Å²) in [5.41, 5.74) is 1.86. The molecule has 0 aromatic heterocycles. The molecule has 0 saturated carbocycles. The molecule has 6 aliphatic rings. The average Bonchev–Trinajstić information content (AvgIpc) is 1.71. The van der Waals surface area contributed by atoms with Crippen LogP contribution in [-0.4, -0.2) is 173 Å². The summed E-state index contributed by atoms with van der Waals surface area (Å²) >= 11 is 0. The van der Waals surface area contributed by atoms with E-state index in [0.717, 1.165) is 50.6 Å². The van der Waals surface area contributed by atoms with E-state index in [9.17, 15) is 10.4 Å². The van der Waals surface area contributed by atoms with Crippen LogP contribution in [0.1, 0.15) is 141 Å². The minimum absolute atomic E-state index is 0.0642. The lowest BCUT2D eigenvalue weighted by atomic mass is 9.79. The van der Waals surface area contributed by atoms with Gasteiger partial charge in [0.15, 0.2) is 0 Å². The van der Waals surface area contributed by atoms with Gasteiger partial charge < -0.3 is 85.2 Å². The van der Waals surface area contributed by atoms with Crippen molar-refractivity contribution in [2.45, 2.75) is 203 Å². The number of benzene rings is 6. The van der Waals surface area contributed by atoms with Gasteiger partial charge in [-0.25, -0.2) is 4.67 Å². The smallest absolute Gasteiger partial charge is 0.259 e. The molecule has 12 rings (SSSR count). The molecule has 0 spiro atoms. The van der Waals surface area contributed by atoms with Crippen LogP contribution in [0.2, 0.25) is 0 Å². The van der Waals surface area contributed by atoms with Gasteiger partial charge in [0.25, 0.3) is 8.53 Å². The fraction of sp³-hybridized carbons (Fsp3) is 0.512. The highest BCUT2D eigenvalue weighted by Gasteiger charge is 2.67. The minimum atomic E-state index is -1.66. The van der Waals surface area contributed by atoms with E-state index in [4.69, 9.17) is 80.1 Å². The van der Waals surface area contributed by atoms with Crippen molar-refractivity contribution >= 4 is 8.53 Å². The third kappa shape index (κ3) is 18.3. The first kappa shape index (κ1) is 80.7. The lowest BCUT2D eigenvalue weighted by Crippen LogP contribution is -2.49. The Morgan fingerprint density at radius 3 is 1.33 bits per heavy atom. The summed E-state index contributed by atoms with van der Waals surface area (Å²) in [6.07, 6.45) is 1.00. The number of phenolic OH excluding ortho intramolecular Hbond substituents is 1. The fourth-order valence-electron chi connectivity index (χ4n) is 14.5. The van der Waals surface area contributed by atoms with Gasteiger partial charge in [-0.05, 0) is 142 Å². The summed E-state index contributed by atoms with van der Waals surface area (Å²) in [5.74, 6) is 3.15. The Labute approximate surface area is 622 Å². The van der Waals surface area contributed by atoms with E-state index in [0.29, 0.717) is 45.4 Å². The van der Waals surface area contributed by atoms with Crippen molar-refractivity contribution in [2.24, 2.45) is 0 Å². The standard InChI is InChI=1S/C45H53N2O8P.C21H30O5.C18H26O5/c1-8-28-50-40-18-13-12-17-39(40)41-42-43(55-56(53-29-14-27-46)47(32(2)3)33(4)5)44(54-41,30-51-42)31-52-45(34-15-10-9-11-16-34,35-19-23-37(48-6)24-20-35)36-21-25-38(49-7)26-22-36;1-6-11-22-17-10-8-7-9-16(17)18-19-20(25-15(4)5)21(26-18,13-24-19)12-23-14(2)3;1-11(2)20-9-18-10-21-16(17(18)22-12(3)4)15(23-18)13-7-5-6-8-14(13)19/h8-13,15-26,32-33,41-43H,1,14,28-31H2,2-7H3;6-10,14-15,18-20H,1,11-13H2,2-5H3;5-8,11-12,15-17,19H,9-10H2,1-4H3/t41-,42+,43?,44+,56?;18-,19+,20?,21-;15-,16+,17?,18-/m000/s1. The van der Waals surface area contributed by atoms with E-state index in [2.05, 4.69) is 63.7 Å². The number of aromatic hydroxyl groups is 1. The monoisotopic (exact) mass is 1460 g/mol. The highest BCUT2D eigenvalue weighted by molar-refractivity contribution is 7.44. The Kier molecular flexibility index (Phi) is 28.3. The molecule has 0 aliphatic carbocycles. The zero-order chi connectivity index (χ0) is 75.1. The van der Waals surface area contributed by atoms with Gasteiger partial charge in [-0.3, -0.25) is 0 Å². The number of para-hydroxylation sites is 3. The number of hydrogen-bond donors (Lipinski definition) is 1. The SMILES string of the molecule is C=CCOc1ccccc1[C@@H]1O[C@@]2(COC(C)C)CO[C@H]1C2OC(C)C.C=CCOc1ccccc1[C@@H]1O[C@@]2(COC(c3ccccc3)(c3ccc(OC)cc3)c3ccc(OC)cc3)CO[C@H]1C2OP(OCCC#N)N(C(C)C)C(C)C.CC(C)OC[C@]12CO[C@@H](C1OC(C)C)[C@H](c1ccccc1O)O2. The highest BCUT2D eigenvalue weighted by atomic mass is 31.2. The fourth-order valence-corrected chi connectivity index (χ4v) is 16.3. The minimum Gasteiger partial charge on any atom is -0.508 e. The van der Waals surface area contributed by atoms with Crippen molar-refractivity contribution in [3.8, 4) is 34.8 Å². The molecule has 6 aliphatic heterocycles. The van der Waals surface area contributed by atoms with Crippen LogP contribution in [-0.2, 0) is 66.8 Å². The Balaban J connectivity index is 0.000000197. The Bertz CT molecular complexity index is 3690. The number of fused-ring (bicyclic) bond motifs is 6. The normalized spacial score (nSPS) is 25.9. The van der Waals surface area contributed by atoms with Gasteiger partial charge in [0.2, 0.25) is 0 Å². The van der Waals surface area contributed by atoms with Crippen LogP contribution >= 0.6 is 8.53 Å². The second kappa shape index (κ2) is 36.8. The first-order valence-electron chi connectivity index (χ1n) is 36.7. The molecule has 13 atom stereocenters. The molecule has 568 valence electrons. The summed E-state index contributed by atoms with van der Waals surface area (Å²) in [5, 5.41) is 19.6. The molecule has 0 radical (unpaired) electrons. The van der Waals surface area contributed by atoms with Crippen LogP contribution in [0.4, 0.5) is 0 Å². The second-order valence-corrected chi connectivity index (χ2v) is 30.2. The molecule has 6 aromatic carbocycles. The third-order valence-electron chi connectivity index (χ3n) is 19.1. The maximum atomic E-state index is 10.2. The van der Waals surface area contributed by atoms with E-state index in [-0.39, 0.29) is 105 Å². The first-order valence-corrected chi connectivity index (χ1v) is 37.8. The van der Waals surface area contributed by atoms with Crippen molar-refractivity contribution in [1.82, 2.24) is 4.67 Å². The first-order chi connectivity index (χ1) is 50.6. The number of nitriles is 1. The second-order valence-electron chi connectivity index (χ2n) is 28.8. The molecule has 6 bridgehead atoms. The van der Waals surface area contributed by atoms with Gasteiger partial charge in [0.1, 0.15) is 119 Å². The summed E-state index contributed by atoms with van der Waals surface area (Å²) in [6, 6.07) is 51.4. The molecule has 20 nitrogen and oxygen atoms in total. The van der Waals surface area contributed by atoms with Gasteiger partial charge in [-0.15, -0.1) is 0 Å². The lowest BCUT2D eigenvalue weighted by Gasteiger charge is -2.41. The molecule has 105 heavy (non-hydrogen) atoms. The largest absolute Gasteiger partial charge is 0.508 e. The number of ether oxygens (including phenoxy) is 15. The van der Waals surface area contributed by atoms with Crippen LogP contribution in [0.15, 0.2) is 177 Å². The molecule has 4 unspecified atom stereocenters. The third-order valence-corrected chi connectivity index (χ3v) is 21.2. The molecule has 6 heterocycles. The molecular formula is C84H109N2O18P. The molecule has 6 saturated heterocycles. The van der Waals surface area contributed by atoms with Gasteiger partial charge in [-0.1, -0.05) is 135 Å². The summed E-state index contributed by atoms with van der Waals surface area (Å²) < 4.78 is 109. The van der Waals surface area contributed by atoms with Gasteiger partial charge in [-0.2, -0.15) is 5.26 Å². The highest BCUT2D eigenvalue weighted by Crippen LogP contribution is 2.59. The molecule has 6 aromatic rings. The van der Waals surface area contributed by atoms with Crippen molar-refractivity contribution in [2.75, 3.05) is 73.7 Å². The maximum absolute atomic E-state index is 10.2. The summed E-state index contributed by atoms with van der Waals surface area (Å²) in [4.78, 5) is 0. The number of phenols is 1. The molecule has 21 heteroatoms. The maximum Gasteiger partial charge on any atom is 0.259 e. The number of hydrogen-bond acceptors (Lipinski definition) is 20. The van der Waals surface area contributed by atoms with Crippen molar-refractivity contribution < 1.29 is 85.2 Å². The average molecular weight is 1470 g/mol. The zero-order valence-electron chi connectivity index (χ0n) is 63.5. The van der Waals surface area contributed by atoms with E-state index >= 15 is 0 Å². The van der Waals surface area contributed by atoms with Crippen LogP contribution in [0.3, 0.4) is 0 Å². The Morgan fingerprint density at radius 2 is 0.924 bits per heavy atom. The van der Waals surface area contributed by atoms with E-state index < -0.39 is 49.2 Å². The predicted molar refractivity (Wildman–Crippen MR) is 402 cm³/mol. The quantitative estimate of drug-likeness (QED) is 0.0170. The van der Waals surface area contributed by atoms with Gasteiger partial charge in [0.05, 0.1) is 97.4 Å².